The van der Waals surface area contributed by atoms with Crippen molar-refractivity contribution in [3.63, 3.8) is 0 Å². The first-order valence-electron chi connectivity index (χ1n) is 9.98. The van der Waals surface area contributed by atoms with Crippen molar-refractivity contribution >= 4 is 11.7 Å². The van der Waals surface area contributed by atoms with E-state index >= 15 is 0 Å². The molecular formula is C24H25N3O2. The Balaban J connectivity index is 1.82. The average molecular weight is 387 g/mol. The topological polar surface area (TPSA) is 55.2 Å². The summed E-state index contributed by atoms with van der Waals surface area (Å²) in [5, 5.41) is 0. The maximum Gasteiger partial charge on any atom is 0.243 e. The molecule has 4 unspecified atom stereocenters. The summed E-state index contributed by atoms with van der Waals surface area (Å²) in [5.74, 6) is -0.380. The van der Waals surface area contributed by atoms with Crippen molar-refractivity contribution in [1.29, 1.82) is 0 Å². The van der Waals surface area contributed by atoms with Gasteiger partial charge in [0, 0.05) is 24.2 Å². The fourth-order valence-corrected chi connectivity index (χ4v) is 4.51. The SMILES string of the molecule is CC1C(=O)C(C)C(c2ccccc2)N(C(=O)Cn2ccnc2)C1c1ccccc1. The monoisotopic (exact) mass is 387 g/mol. The molecule has 0 N–H and O–H groups in total. The van der Waals surface area contributed by atoms with E-state index in [0.29, 0.717) is 0 Å². The van der Waals surface area contributed by atoms with Gasteiger partial charge in [-0.3, -0.25) is 9.59 Å². The molecule has 0 saturated carbocycles. The normalized spacial score (nSPS) is 24.5. The zero-order valence-corrected chi connectivity index (χ0v) is 16.7. The summed E-state index contributed by atoms with van der Waals surface area (Å²) in [6, 6.07) is 19.1. The molecule has 2 heterocycles. The van der Waals surface area contributed by atoms with E-state index in [2.05, 4.69) is 4.98 Å². The summed E-state index contributed by atoms with van der Waals surface area (Å²) in [5.41, 5.74) is 1.97. The summed E-state index contributed by atoms with van der Waals surface area (Å²) < 4.78 is 1.78. The molecule has 4 rings (SSSR count). The van der Waals surface area contributed by atoms with Crippen LogP contribution < -0.4 is 0 Å². The highest BCUT2D eigenvalue weighted by Crippen LogP contribution is 2.46. The van der Waals surface area contributed by atoms with Gasteiger partial charge >= 0.3 is 0 Å². The van der Waals surface area contributed by atoms with Crippen molar-refractivity contribution in [2.75, 3.05) is 0 Å². The minimum atomic E-state index is -0.305. The number of carbonyl (C=O) groups excluding carboxylic acids is 2. The van der Waals surface area contributed by atoms with Crippen molar-refractivity contribution < 1.29 is 9.59 Å². The van der Waals surface area contributed by atoms with E-state index in [-0.39, 0.29) is 42.2 Å². The van der Waals surface area contributed by atoms with Crippen LogP contribution in [0.4, 0.5) is 0 Å². The molecule has 29 heavy (non-hydrogen) atoms. The molecule has 1 aliphatic heterocycles. The van der Waals surface area contributed by atoms with Gasteiger partial charge in [-0.25, -0.2) is 4.98 Å². The van der Waals surface area contributed by atoms with E-state index in [1.54, 1.807) is 23.3 Å². The zero-order chi connectivity index (χ0) is 20.4. The maximum absolute atomic E-state index is 13.6. The fourth-order valence-electron chi connectivity index (χ4n) is 4.51. The van der Waals surface area contributed by atoms with Gasteiger partial charge in [-0.15, -0.1) is 0 Å². The summed E-state index contributed by atoms with van der Waals surface area (Å²) >= 11 is 0. The molecule has 0 bridgehead atoms. The predicted octanol–water partition coefficient (Wildman–Crippen LogP) is 4.05. The van der Waals surface area contributed by atoms with Crippen LogP contribution in [-0.2, 0) is 16.1 Å². The number of aromatic nitrogens is 2. The highest BCUT2D eigenvalue weighted by molar-refractivity contribution is 5.89. The van der Waals surface area contributed by atoms with Gasteiger partial charge in [-0.05, 0) is 11.1 Å². The number of imidazole rings is 1. The second-order valence-electron chi connectivity index (χ2n) is 7.73. The number of hydrogen-bond acceptors (Lipinski definition) is 3. The molecule has 1 aliphatic rings. The number of ketones is 1. The van der Waals surface area contributed by atoms with Crippen molar-refractivity contribution in [2.24, 2.45) is 11.8 Å². The van der Waals surface area contributed by atoms with Gasteiger partial charge in [-0.1, -0.05) is 74.5 Å². The van der Waals surface area contributed by atoms with Gasteiger partial charge in [0.25, 0.3) is 0 Å². The summed E-state index contributed by atoms with van der Waals surface area (Å²) in [7, 11) is 0. The van der Waals surface area contributed by atoms with Gasteiger partial charge in [0.1, 0.15) is 12.3 Å². The second kappa shape index (κ2) is 8.03. The molecule has 148 valence electrons. The minimum Gasteiger partial charge on any atom is -0.328 e. The van der Waals surface area contributed by atoms with Gasteiger partial charge in [0.2, 0.25) is 5.91 Å². The van der Waals surface area contributed by atoms with Crippen LogP contribution in [-0.4, -0.2) is 26.1 Å². The van der Waals surface area contributed by atoms with Gasteiger partial charge in [0.15, 0.2) is 0 Å². The minimum absolute atomic E-state index is 0.0168. The smallest absolute Gasteiger partial charge is 0.243 e. The average Bonchev–Trinajstić information content (AvgIpc) is 3.26. The van der Waals surface area contributed by atoms with Crippen molar-refractivity contribution in [2.45, 2.75) is 32.5 Å². The third kappa shape index (κ3) is 3.60. The third-order valence-electron chi connectivity index (χ3n) is 5.89. The number of likely N-dealkylation sites (tertiary alicyclic amines) is 1. The van der Waals surface area contributed by atoms with Crippen molar-refractivity contribution in [3.8, 4) is 0 Å². The first kappa shape index (κ1) is 19.1. The summed E-state index contributed by atoms with van der Waals surface area (Å²) in [6.07, 6.45) is 5.10. The van der Waals surface area contributed by atoms with Crippen molar-refractivity contribution in [3.05, 3.63) is 90.5 Å². The zero-order valence-electron chi connectivity index (χ0n) is 16.7. The number of Topliss-reactive ketones (excluding diaryl/α,β-unsaturated/α-hetero) is 1. The van der Waals surface area contributed by atoms with E-state index < -0.39 is 0 Å². The Labute approximate surface area is 171 Å². The van der Waals surface area contributed by atoms with Gasteiger partial charge in [-0.2, -0.15) is 0 Å². The Morgan fingerprint density at radius 3 is 1.86 bits per heavy atom. The highest BCUT2D eigenvalue weighted by atomic mass is 16.2. The lowest BCUT2D eigenvalue weighted by Crippen LogP contribution is -2.52. The lowest BCUT2D eigenvalue weighted by Gasteiger charge is -2.48. The van der Waals surface area contributed by atoms with Crippen molar-refractivity contribution in [1.82, 2.24) is 14.5 Å². The lowest BCUT2D eigenvalue weighted by molar-refractivity contribution is -0.152. The third-order valence-corrected chi connectivity index (χ3v) is 5.89. The second-order valence-corrected chi connectivity index (χ2v) is 7.73. The molecule has 5 nitrogen and oxygen atoms in total. The van der Waals surface area contributed by atoms with Crippen LogP contribution in [0.25, 0.3) is 0 Å². The Morgan fingerprint density at radius 2 is 1.41 bits per heavy atom. The molecule has 0 radical (unpaired) electrons. The lowest BCUT2D eigenvalue weighted by atomic mass is 9.74. The fraction of sp³-hybridized carbons (Fsp3) is 0.292. The summed E-state index contributed by atoms with van der Waals surface area (Å²) in [6.45, 7) is 4.07. The van der Waals surface area contributed by atoms with Crippen LogP contribution in [0.3, 0.4) is 0 Å². The van der Waals surface area contributed by atoms with E-state index in [1.807, 2.05) is 79.4 Å². The molecular weight excluding hydrogens is 362 g/mol. The van der Waals surface area contributed by atoms with E-state index in [0.717, 1.165) is 11.1 Å². The van der Waals surface area contributed by atoms with Crippen LogP contribution in [0.2, 0.25) is 0 Å². The quantitative estimate of drug-likeness (QED) is 0.679. The number of nitrogens with zero attached hydrogens (tertiary/aromatic N) is 3. The standard InChI is InChI=1S/C24H25N3O2/c1-17-22(19-9-5-3-6-10-19)27(21(28)15-26-14-13-25-16-26)23(18(2)24(17)29)20-11-7-4-8-12-20/h3-14,16-18,22-23H,15H2,1-2H3. The van der Waals surface area contributed by atoms with E-state index in [9.17, 15) is 9.59 Å². The molecule has 0 aliphatic carbocycles. The van der Waals surface area contributed by atoms with Crippen LogP contribution in [0, 0.1) is 11.8 Å². The Bertz CT molecular complexity index is 914. The summed E-state index contributed by atoms with van der Waals surface area (Å²) in [4.78, 5) is 32.8. The molecule has 0 spiro atoms. The number of carbonyl (C=O) groups is 2. The molecule has 1 aromatic heterocycles. The maximum atomic E-state index is 13.6. The molecule has 5 heteroatoms. The molecule has 4 atom stereocenters. The van der Waals surface area contributed by atoms with E-state index in [1.165, 1.54) is 0 Å². The predicted molar refractivity (Wildman–Crippen MR) is 111 cm³/mol. The number of hydrogen-bond donors (Lipinski definition) is 0. The number of rotatable bonds is 4. The largest absolute Gasteiger partial charge is 0.328 e. The van der Waals surface area contributed by atoms with Gasteiger partial charge in [0.05, 0.1) is 18.4 Å². The van der Waals surface area contributed by atoms with Crippen LogP contribution in [0.15, 0.2) is 79.4 Å². The Hall–Kier alpha value is -3.21. The molecule has 2 aromatic carbocycles. The molecule has 1 fully saturated rings. The van der Waals surface area contributed by atoms with Crippen LogP contribution >= 0.6 is 0 Å². The Morgan fingerprint density at radius 1 is 0.897 bits per heavy atom. The number of amides is 1. The molecule has 1 amide bonds. The first-order chi connectivity index (χ1) is 14.1. The van der Waals surface area contributed by atoms with Crippen LogP contribution in [0.1, 0.15) is 37.1 Å². The first-order valence-corrected chi connectivity index (χ1v) is 9.98. The van der Waals surface area contributed by atoms with Gasteiger partial charge < -0.3 is 9.47 Å². The van der Waals surface area contributed by atoms with Crippen LogP contribution in [0.5, 0.6) is 0 Å². The number of benzene rings is 2. The van der Waals surface area contributed by atoms with E-state index in [4.69, 9.17) is 0 Å². The Kier molecular flexibility index (Phi) is 5.30. The molecule has 1 saturated heterocycles. The number of piperidine rings is 1. The highest BCUT2D eigenvalue weighted by Gasteiger charge is 2.47. The molecule has 3 aromatic rings.